The molecule has 1 fully saturated rings. The first kappa shape index (κ1) is 16.5. The van der Waals surface area contributed by atoms with Gasteiger partial charge < -0.3 is 5.73 Å². The molecule has 2 atom stereocenters. The van der Waals surface area contributed by atoms with Gasteiger partial charge in [0.25, 0.3) is 0 Å². The molecule has 0 bridgehead atoms. The third-order valence-electron chi connectivity index (χ3n) is 5.34. The van der Waals surface area contributed by atoms with E-state index in [0.29, 0.717) is 12.0 Å². The molecular weight excluding hydrogens is 258 g/mol. The van der Waals surface area contributed by atoms with Crippen LogP contribution in [0.4, 0.5) is 0 Å². The van der Waals surface area contributed by atoms with Crippen molar-refractivity contribution in [3.63, 3.8) is 0 Å². The number of nitrogens with zero attached hydrogens (tertiary/aromatic N) is 2. The zero-order valence-electron chi connectivity index (χ0n) is 14.1. The Labute approximate surface area is 130 Å². The number of hydrogen-bond acceptors (Lipinski definition) is 2. The third kappa shape index (κ3) is 4.57. The van der Waals surface area contributed by atoms with Crippen LogP contribution in [0.3, 0.4) is 0 Å². The monoisotopic (exact) mass is 291 g/mol. The number of aromatic nitrogens is 2. The average molecular weight is 291 g/mol. The highest BCUT2D eigenvalue weighted by atomic mass is 15.3. The van der Waals surface area contributed by atoms with Crippen molar-refractivity contribution in [1.29, 1.82) is 0 Å². The van der Waals surface area contributed by atoms with E-state index in [0.717, 1.165) is 18.8 Å². The van der Waals surface area contributed by atoms with E-state index in [4.69, 9.17) is 10.8 Å². The summed E-state index contributed by atoms with van der Waals surface area (Å²) in [6.45, 7) is 6.71. The molecule has 1 aromatic heterocycles. The maximum absolute atomic E-state index is 6.47. The standard InChI is InChI=1S/C18H33N3/c1-4-6-15-7-9-16(10-8-15)18(19)13-17-11-12-21(20-17)14(3)5-2/h11-12,14-16,18H,4-10,13,19H2,1-3H3. The van der Waals surface area contributed by atoms with Crippen LogP contribution in [0.1, 0.15) is 77.5 Å². The largest absolute Gasteiger partial charge is 0.327 e. The van der Waals surface area contributed by atoms with Crippen molar-refractivity contribution in [2.45, 2.75) is 84.2 Å². The van der Waals surface area contributed by atoms with Crippen LogP contribution in [-0.4, -0.2) is 15.8 Å². The van der Waals surface area contributed by atoms with Crippen LogP contribution >= 0.6 is 0 Å². The lowest BCUT2D eigenvalue weighted by Gasteiger charge is -2.31. The van der Waals surface area contributed by atoms with Crippen molar-refractivity contribution in [1.82, 2.24) is 9.78 Å². The van der Waals surface area contributed by atoms with Crippen LogP contribution in [0.2, 0.25) is 0 Å². The molecule has 0 amide bonds. The maximum atomic E-state index is 6.47. The minimum absolute atomic E-state index is 0.285. The summed E-state index contributed by atoms with van der Waals surface area (Å²) in [5.74, 6) is 1.66. The molecule has 1 aliphatic rings. The van der Waals surface area contributed by atoms with Gasteiger partial charge in [0, 0.05) is 24.7 Å². The maximum Gasteiger partial charge on any atom is 0.0640 e. The molecule has 2 N–H and O–H groups in total. The zero-order chi connectivity index (χ0) is 15.2. The summed E-state index contributed by atoms with van der Waals surface area (Å²) < 4.78 is 2.08. The van der Waals surface area contributed by atoms with Gasteiger partial charge in [-0.25, -0.2) is 0 Å². The first-order valence-electron chi connectivity index (χ1n) is 8.93. The number of hydrogen-bond donors (Lipinski definition) is 1. The van der Waals surface area contributed by atoms with Gasteiger partial charge >= 0.3 is 0 Å². The first-order valence-corrected chi connectivity index (χ1v) is 8.93. The molecule has 3 heteroatoms. The molecule has 2 unspecified atom stereocenters. The molecule has 0 spiro atoms. The fourth-order valence-corrected chi connectivity index (χ4v) is 3.64. The van der Waals surface area contributed by atoms with Crippen molar-refractivity contribution in [2.75, 3.05) is 0 Å². The van der Waals surface area contributed by atoms with Crippen LogP contribution in [0.5, 0.6) is 0 Å². The van der Waals surface area contributed by atoms with Crippen LogP contribution in [0.15, 0.2) is 12.3 Å². The van der Waals surface area contributed by atoms with Gasteiger partial charge in [-0.05, 0) is 44.1 Å². The summed E-state index contributed by atoms with van der Waals surface area (Å²) in [6, 6.07) is 2.92. The molecule has 1 aromatic rings. The minimum Gasteiger partial charge on any atom is -0.327 e. The summed E-state index contributed by atoms with van der Waals surface area (Å²) in [4.78, 5) is 0. The van der Waals surface area contributed by atoms with E-state index in [1.807, 2.05) is 0 Å². The molecule has 1 heterocycles. The Balaban J connectivity index is 1.82. The van der Waals surface area contributed by atoms with Gasteiger partial charge in [-0.3, -0.25) is 4.68 Å². The second-order valence-corrected chi connectivity index (χ2v) is 6.98. The highest BCUT2D eigenvalue weighted by Crippen LogP contribution is 2.33. The van der Waals surface area contributed by atoms with E-state index >= 15 is 0 Å². The molecule has 1 saturated carbocycles. The van der Waals surface area contributed by atoms with Crippen molar-refractivity contribution < 1.29 is 0 Å². The summed E-state index contributed by atoms with van der Waals surface area (Å²) in [7, 11) is 0. The van der Waals surface area contributed by atoms with Crippen LogP contribution in [0, 0.1) is 11.8 Å². The average Bonchev–Trinajstić information content (AvgIpc) is 2.96. The Morgan fingerprint density at radius 2 is 2.00 bits per heavy atom. The second-order valence-electron chi connectivity index (χ2n) is 6.98. The first-order chi connectivity index (χ1) is 10.1. The molecule has 0 radical (unpaired) electrons. The van der Waals surface area contributed by atoms with E-state index < -0.39 is 0 Å². The van der Waals surface area contributed by atoms with Gasteiger partial charge in [-0.2, -0.15) is 5.10 Å². The van der Waals surface area contributed by atoms with Crippen LogP contribution in [0.25, 0.3) is 0 Å². The summed E-state index contributed by atoms with van der Waals surface area (Å²) >= 11 is 0. The molecule has 0 saturated heterocycles. The van der Waals surface area contributed by atoms with Gasteiger partial charge in [-0.1, -0.05) is 39.5 Å². The van der Waals surface area contributed by atoms with Crippen LogP contribution < -0.4 is 5.73 Å². The molecule has 3 nitrogen and oxygen atoms in total. The van der Waals surface area contributed by atoms with E-state index in [-0.39, 0.29) is 6.04 Å². The van der Waals surface area contributed by atoms with Gasteiger partial charge in [0.2, 0.25) is 0 Å². The fourth-order valence-electron chi connectivity index (χ4n) is 3.64. The molecule has 0 aliphatic heterocycles. The molecular formula is C18H33N3. The Kier molecular flexibility index (Phi) is 6.28. The second kappa shape index (κ2) is 7.98. The normalized spacial score (nSPS) is 25.7. The Morgan fingerprint density at radius 3 is 2.62 bits per heavy atom. The van der Waals surface area contributed by atoms with Gasteiger partial charge in [0.1, 0.15) is 0 Å². The topological polar surface area (TPSA) is 43.8 Å². The lowest BCUT2D eigenvalue weighted by atomic mass is 9.76. The van der Waals surface area contributed by atoms with Crippen molar-refractivity contribution in [3.8, 4) is 0 Å². The quantitative estimate of drug-likeness (QED) is 0.812. The third-order valence-corrected chi connectivity index (χ3v) is 5.34. The molecule has 2 rings (SSSR count). The Bertz CT molecular complexity index is 404. The Hall–Kier alpha value is -0.830. The summed E-state index contributed by atoms with van der Waals surface area (Å²) in [6.07, 6.45) is 12.3. The highest BCUT2D eigenvalue weighted by molar-refractivity contribution is 5.03. The molecule has 120 valence electrons. The van der Waals surface area contributed by atoms with Crippen LogP contribution in [-0.2, 0) is 6.42 Å². The zero-order valence-corrected chi connectivity index (χ0v) is 14.1. The molecule has 21 heavy (non-hydrogen) atoms. The van der Waals surface area contributed by atoms with Gasteiger partial charge in [0.15, 0.2) is 0 Å². The Morgan fingerprint density at radius 1 is 1.29 bits per heavy atom. The lowest BCUT2D eigenvalue weighted by molar-refractivity contribution is 0.232. The number of nitrogens with two attached hydrogens (primary N) is 1. The summed E-state index contributed by atoms with van der Waals surface area (Å²) in [5.41, 5.74) is 7.63. The predicted molar refractivity (Wildman–Crippen MR) is 89.3 cm³/mol. The van der Waals surface area contributed by atoms with Crippen molar-refractivity contribution in [2.24, 2.45) is 17.6 Å². The van der Waals surface area contributed by atoms with Crippen molar-refractivity contribution >= 4 is 0 Å². The predicted octanol–water partition coefficient (Wildman–Crippen LogP) is 4.33. The lowest BCUT2D eigenvalue weighted by Crippen LogP contribution is -2.35. The van der Waals surface area contributed by atoms with Gasteiger partial charge in [-0.15, -0.1) is 0 Å². The fraction of sp³-hybridized carbons (Fsp3) is 0.833. The number of rotatable bonds is 7. The van der Waals surface area contributed by atoms with E-state index in [2.05, 4.69) is 37.7 Å². The smallest absolute Gasteiger partial charge is 0.0640 e. The van der Waals surface area contributed by atoms with E-state index in [1.165, 1.54) is 44.2 Å². The molecule has 0 aromatic carbocycles. The van der Waals surface area contributed by atoms with E-state index in [9.17, 15) is 0 Å². The molecule has 1 aliphatic carbocycles. The summed E-state index contributed by atoms with van der Waals surface area (Å²) in [5, 5.41) is 4.70. The highest BCUT2D eigenvalue weighted by Gasteiger charge is 2.25. The van der Waals surface area contributed by atoms with E-state index in [1.54, 1.807) is 0 Å². The minimum atomic E-state index is 0.285. The van der Waals surface area contributed by atoms with Crippen molar-refractivity contribution in [3.05, 3.63) is 18.0 Å². The van der Waals surface area contributed by atoms with Gasteiger partial charge in [0.05, 0.1) is 5.69 Å². The SMILES string of the molecule is CCCC1CCC(C(N)Cc2ccn(C(C)CC)n2)CC1.